The molecular weight excluding hydrogens is 368 g/mol. The second kappa shape index (κ2) is 7.89. The topological polar surface area (TPSA) is 104 Å². The molecule has 3 rings (SSSR count). The number of piperidine rings is 1. The van der Waals surface area contributed by atoms with E-state index in [-0.39, 0.29) is 23.9 Å². The van der Waals surface area contributed by atoms with Crippen LogP contribution in [0.15, 0.2) is 59.5 Å². The summed E-state index contributed by atoms with van der Waals surface area (Å²) in [6, 6.07) is 14.7. The van der Waals surface area contributed by atoms with Gasteiger partial charge in [-0.15, -0.1) is 0 Å². The largest absolute Gasteiger partial charge is 0.481 e. The van der Waals surface area contributed by atoms with Gasteiger partial charge in [-0.1, -0.05) is 18.2 Å². The van der Waals surface area contributed by atoms with Crippen molar-refractivity contribution in [2.45, 2.75) is 17.7 Å². The Kier molecular flexibility index (Phi) is 5.57. The van der Waals surface area contributed by atoms with Crippen molar-refractivity contribution in [1.82, 2.24) is 4.31 Å². The molecule has 1 aliphatic heterocycles. The molecular formula is C19H20N2O5S. The van der Waals surface area contributed by atoms with Gasteiger partial charge >= 0.3 is 5.97 Å². The van der Waals surface area contributed by atoms with Crippen LogP contribution in [0.5, 0.6) is 0 Å². The van der Waals surface area contributed by atoms with E-state index < -0.39 is 21.9 Å². The van der Waals surface area contributed by atoms with E-state index in [2.05, 4.69) is 5.32 Å². The Morgan fingerprint density at radius 2 is 1.56 bits per heavy atom. The quantitative estimate of drug-likeness (QED) is 0.819. The molecule has 1 saturated heterocycles. The highest BCUT2D eigenvalue weighted by molar-refractivity contribution is 7.89. The van der Waals surface area contributed by atoms with Gasteiger partial charge in [0.2, 0.25) is 10.0 Å². The van der Waals surface area contributed by atoms with Gasteiger partial charge in [0.25, 0.3) is 5.91 Å². The van der Waals surface area contributed by atoms with Gasteiger partial charge in [-0.05, 0) is 49.2 Å². The molecule has 27 heavy (non-hydrogen) atoms. The number of benzene rings is 2. The molecule has 1 amide bonds. The van der Waals surface area contributed by atoms with Crippen molar-refractivity contribution < 1.29 is 23.1 Å². The first kappa shape index (κ1) is 19.1. The van der Waals surface area contributed by atoms with Crippen LogP contribution in [-0.4, -0.2) is 42.8 Å². The maximum Gasteiger partial charge on any atom is 0.306 e. The Labute approximate surface area is 157 Å². The van der Waals surface area contributed by atoms with Crippen molar-refractivity contribution in [3.63, 3.8) is 0 Å². The average molecular weight is 388 g/mol. The van der Waals surface area contributed by atoms with Gasteiger partial charge in [0.05, 0.1) is 10.8 Å². The highest BCUT2D eigenvalue weighted by Crippen LogP contribution is 2.24. The van der Waals surface area contributed by atoms with Gasteiger partial charge in [0, 0.05) is 24.3 Å². The van der Waals surface area contributed by atoms with Gasteiger partial charge in [0.1, 0.15) is 0 Å². The van der Waals surface area contributed by atoms with Crippen molar-refractivity contribution in [3.8, 4) is 0 Å². The zero-order valence-electron chi connectivity index (χ0n) is 14.5. The number of carboxylic acids is 1. The minimum absolute atomic E-state index is 0.0903. The van der Waals surface area contributed by atoms with Crippen LogP contribution >= 0.6 is 0 Å². The number of rotatable bonds is 5. The molecule has 0 radical (unpaired) electrons. The monoisotopic (exact) mass is 388 g/mol. The molecule has 2 aromatic rings. The summed E-state index contributed by atoms with van der Waals surface area (Å²) < 4.78 is 26.7. The number of aliphatic carboxylic acids is 1. The lowest BCUT2D eigenvalue weighted by atomic mass is 9.99. The Hall–Kier alpha value is -2.71. The zero-order chi connectivity index (χ0) is 19.4. The third-order valence-electron chi connectivity index (χ3n) is 4.59. The number of carbonyl (C=O) groups excluding carboxylic acids is 1. The molecule has 0 bridgehead atoms. The Morgan fingerprint density at radius 3 is 2.11 bits per heavy atom. The molecule has 1 aliphatic rings. The first-order chi connectivity index (χ1) is 12.9. The van der Waals surface area contributed by atoms with Crippen molar-refractivity contribution in [2.24, 2.45) is 5.92 Å². The SMILES string of the molecule is O=C(Nc1ccccc1)c1ccc(S(=O)(=O)N2CCC(C(=O)O)CC2)cc1. The minimum Gasteiger partial charge on any atom is -0.481 e. The molecule has 8 heteroatoms. The van der Waals surface area contributed by atoms with Crippen LogP contribution in [0.3, 0.4) is 0 Å². The Bertz CT molecular complexity index is 918. The normalized spacial score (nSPS) is 16.0. The van der Waals surface area contributed by atoms with Gasteiger partial charge in [0.15, 0.2) is 0 Å². The van der Waals surface area contributed by atoms with Gasteiger partial charge < -0.3 is 10.4 Å². The fourth-order valence-electron chi connectivity index (χ4n) is 3.00. The summed E-state index contributed by atoms with van der Waals surface area (Å²) in [5.41, 5.74) is 1.00. The van der Waals surface area contributed by atoms with Gasteiger partial charge in [-0.3, -0.25) is 9.59 Å². The zero-order valence-corrected chi connectivity index (χ0v) is 15.4. The van der Waals surface area contributed by atoms with E-state index in [1.54, 1.807) is 24.3 Å². The Morgan fingerprint density at radius 1 is 0.963 bits per heavy atom. The number of amides is 1. The highest BCUT2D eigenvalue weighted by Gasteiger charge is 2.32. The number of hydrogen-bond donors (Lipinski definition) is 2. The van der Waals surface area contributed by atoms with Crippen molar-refractivity contribution in [1.29, 1.82) is 0 Å². The lowest BCUT2D eigenvalue weighted by molar-refractivity contribution is -0.142. The number of hydrogen-bond acceptors (Lipinski definition) is 4. The van der Waals surface area contributed by atoms with E-state index in [1.807, 2.05) is 6.07 Å². The van der Waals surface area contributed by atoms with Crippen LogP contribution in [0, 0.1) is 5.92 Å². The summed E-state index contributed by atoms with van der Waals surface area (Å²) in [6.45, 7) is 0.352. The average Bonchev–Trinajstić information content (AvgIpc) is 2.69. The van der Waals surface area contributed by atoms with Crippen LogP contribution in [0.4, 0.5) is 5.69 Å². The van der Waals surface area contributed by atoms with Crippen LogP contribution < -0.4 is 5.32 Å². The molecule has 0 saturated carbocycles. The molecule has 0 aromatic heterocycles. The maximum absolute atomic E-state index is 12.7. The van der Waals surface area contributed by atoms with E-state index in [1.165, 1.54) is 28.6 Å². The maximum atomic E-state index is 12.7. The predicted molar refractivity (Wildman–Crippen MR) is 100.0 cm³/mol. The number of para-hydroxylation sites is 1. The fourth-order valence-corrected chi connectivity index (χ4v) is 4.46. The van der Waals surface area contributed by atoms with Crippen LogP contribution in [-0.2, 0) is 14.8 Å². The van der Waals surface area contributed by atoms with Crippen molar-refractivity contribution >= 4 is 27.6 Å². The highest BCUT2D eigenvalue weighted by atomic mass is 32.2. The lowest BCUT2D eigenvalue weighted by Gasteiger charge is -2.29. The number of nitrogens with zero attached hydrogens (tertiary/aromatic N) is 1. The number of anilines is 1. The molecule has 2 aromatic carbocycles. The van der Waals surface area contributed by atoms with Crippen molar-refractivity contribution in [3.05, 3.63) is 60.2 Å². The van der Waals surface area contributed by atoms with Crippen molar-refractivity contribution in [2.75, 3.05) is 18.4 Å². The summed E-state index contributed by atoms with van der Waals surface area (Å²) in [4.78, 5) is 23.3. The first-order valence-electron chi connectivity index (χ1n) is 8.57. The molecule has 1 fully saturated rings. The van der Waals surface area contributed by atoms with Crippen LogP contribution in [0.25, 0.3) is 0 Å². The summed E-state index contributed by atoms with van der Waals surface area (Å²) in [6.07, 6.45) is 0.595. The standard InChI is InChI=1S/C19H20N2O5S/c22-18(20-16-4-2-1-3-5-16)14-6-8-17(9-7-14)27(25,26)21-12-10-15(11-13-21)19(23)24/h1-9,15H,10-13H2,(H,20,22)(H,23,24). The summed E-state index contributed by atoms with van der Waals surface area (Å²) in [5.74, 6) is -1.71. The van der Waals surface area contributed by atoms with E-state index in [9.17, 15) is 18.0 Å². The molecule has 7 nitrogen and oxygen atoms in total. The summed E-state index contributed by atoms with van der Waals surface area (Å²) in [7, 11) is -3.70. The summed E-state index contributed by atoms with van der Waals surface area (Å²) in [5, 5.41) is 11.8. The predicted octanol–water partition coefficient (Wildman–Crippen LogP) is 2.42. The minimum atomic E-state index is -3.70. The smallest absolute Gasteiger partial charge is 0.306 e. The molecule has 0 atom stereocenters. The number of nitrogens with one attached hydrogen (secondary N) is 1. The van der Waals surface area contributed by atoms with Gasteiger partial charge in [-0.2, -0.15) is 4.31 Å². The third-order valence-corrected chi connectivity index (χ3v) is 6.50. The van der Waals surface area contributed by atoms with E-state index in [4.69, 9.17) is 5.11 Å². The van der Waals surface area contributed by atoms with E-state index in [0.717, 1.165) is 0 Å². The summed E-state index contributed by atoms with van der Waals surface area (Å²) >= 11 is 0. The molecule has 142 valence electrons. The Balaban J connectivity index is 1.69. The molecule has 0 spiro atoms. The molecule has 0 aliphatic carbocycles. The molecule has 0 unspecified atom stereocenters. The van der Waals surface area contributed by atoms with Crippen LogP contribution in [0.2, 0.25) is 0 Å². The van der Waals surface area contributed by atoms with E-state index >= 15 is 0 Å². The fraction of sp³-hybridized carbons (Fsp3) is 0.263. The lowest BCUT2D eigenvalue weighted by Crippen LogP contribution is -2.40. The molecule has 1 heterocycles. The van der Waals surface area contributed by atoms with Crippen LogP contribution in [0.1, 0.15) is 23.2 Å². The number of sulfonamides is 1. The first-order valence-corrected chi connectivity index (χ1v) is 10.0. The number of carboxylic acid groups (broad SMARTS) is 1. The number of carbonyl (C=O) groups is 2. The van der Waals surface area contributed by atoms with Gasteiger partial charge in [-0.25, -0.2) is 8.42 Å². The second-order valence-electron chi connectivity index (χ2n) is 6.36. The second-order valence-corrected chi connectivity index (χ2v) is 8.30. The van der Waals surface area contributed by atoms with E-state index in [0.29, 0.717) is 24.1 Å². The third kappa shape index (κ3) is 4.35. The molecule has 2 N–H and O–H groups in total.